The normalized spacial score (nSPS) is 6.00. The summed E-state index contributed by atoms with van der Waals surface area (Å²) >= 11 is 0. The monoisotopic (exact) mass is 58.0 g/mol. The third kappa shape index (κ3) is 0.356. The summed E-state index contributed by atoms with van der Waals surface area (Å²) in [5.74, 6) is -0.583. The van der Waals surface area contributed by atoms with E-state index >= 15 is 0 Å². The number of rotatable bonds is 0. The molecular weight excluding hydrogens is 54.0 g/mol. The van der Waals surface area contributed by atoms with Gasteiger partial charge < -0.3 is 10.8 Å². The van der Waals surface area contributed by atoms with E-state index in [1.807, 2.05) is 0 Å². The number of hydrogen-bond donors (Lipinski definition) is 1. The molecule has 0 radical (unpaired) electrons. The van der Waals surface area contributed by atoms with E-state index in [0.29, 0.717) is 0 Å². The van der Waals surface area contributed by atoms with Crippen LogP contribution in [-0.2, 0) is 0 Å². The molecule has 0 aromatic heterocycles. The molecule has 0 aliphatic rings. The Kier molecular flexibility index (Phi) is 0.641. The quantitative estimate of drug-likeness (QED) is 0.355. The van der Waals surface area contributed by atoms with E-state index in [9.17, 15) is 0 Å². The fourth-order valence-corrected chi connectivity index (χ4v) is 0. The molecular formula is C2H4NO-. The van der Waals surface area contributed by atoms with Crippen LogP contribution in [-0.4, -0.2) is 0 Å². The largest absolute Gasteiger partial charge is 0.861 e. The molecule has 0 fully saturated rings. The van der Waals surface area contributed by atoms with Crippen molar-refractivity contribution in [3.8, 4) is 0 Å². The molecule has 0 aliphatic heterocycles. The molecule has 0 rings (SSSR count). The minimum Gasteiger partial charge on any atom is -0.861 e. The van der Waals surface area contributed by atoms with Crippen molar-refractivity contribution in [3.05, 3.63) is 12.5 Å². The van der Waals surface area contributed by atoms with Crippen LogP contribution < -0.4 is 10.8 Å². The first-order valence-corrected chi connectivity index (χ1v) is 0.846. The molecule has 4 heavy (non-hydrogen) atoms. The van der Waals surface area contributed by atoms with Crippen molar-refractivity contribution in [1.82, 2.24) is 0 Å². The van der Waals surface area contributed by atoms with Crippen LogP contribution in [0.2, 0.25) is 0 Å². The molecule has 0 aliphatic carbocycles. The van der Waals surface area contributed by atoms with Gasteiger partial charge in [0.15, 0.2) is 0 Å². The van der Waals surface area contributed by atoms with E-state index in [-0.39, 0.29) is 0 Å². The topological polar surface area (TPSA) is 49.1 Å². The SMILES string of the molecule is C=C(N)[O-]. The minimum absolute atomic E-state index is 0.583. The summed E-state index contributed by atoms with van der Waals surface area (Å²) in [6.45, 7) is 2.78. The fourth-order valence-electron chi connectivity index (χ4n) is 0. The lowest BCUT2D eigenvalue weighted by Crippen LogP contribution is -2.10. The summed E-state index contributed by atoms with van der Waals surface area (Å²) in [6.07, 6.45) is 0. The zero-order valence-electron chi connectivity index (χ0n) is 2.19. The van der Waals surface area contributed by atoms with Crippen molar-refractivity contribution in [3.63, 3.8) is 0 Å². The van der Waals surface area contributed by atoms with Crippen molar-refractivity contribution in [2.24, 2.45) is 5.73 Å². The Morgan fingerprint density at radius 3 is 2.00 bits per heavy atom. The van der Waals surface area contributed by atoms with Gasteiger partial charge in [0.05, 0.1) is 0 Å². The van der Waals surface area contributed by atoms with Gasteiger partial charge in [0.2, 0.25) is 0 Å². The predicted molar refractivity (Wildman–Crippen MR) is 13.3 cm³/mol. The zero-order valence-corrected chi connectivity index (χ0v) is 2.19. The van der Waals surface area contributed by atoms with Gasteiger partial charge in [0, 0.05) is 0 Å². The van der Waals surface area contributed by atoms with Crippen molar-refractivity contribution in [2.75, 3.05) is 0 Å². The van der Waals surface area contributed by atoms with Crippen LogP contribution in [0.4, 0.5) is 0 Å². The fraction of sp³-hybridized carbons (Fsp3) is 0. The first-order valence-electron chi connectivity index (χ1n) is 0.846. The van der Waals surface area contributed by atoms with E-state index in [2.05, 4.69) is 12.3 Å². The highest BCUT2D eigenvalue weighted by molar-refractivity contribution is 4.61. The van der Waals surface area contributed by atoms with Crippen LogP contribution in [0.3, 0.4) is 0 Å². The summed E-state index contributed by atoms with van der Waals surface area (Å²) in [7, 11) is 0. The van der Waals surface area contributed by atoms with E-state index in [0.717, 1.165) is 0 Å². The summed E-state index contributed by atoms with van der Waals surface area (Å²) in [4.78, 5) is 0. The summed E-state index contributed by atoms with van der Waals surface area (Å²) in [6, 6.07) is 0. The van der Waals surface area contributed by atoms with Gasteiger partial charge in [-0.25, -0.2) is 0 Å². The van der Waals surface area contributed by atoms with Gasteiger partial charge in [-0.1, -0.05) is 12.5 Å². The molecule has 2 nitrogen and oxygen atoms in total. The standard InChI is InChI=1S/C2H5NO/c1-2(3)4/h4H,1,3H2/p-1. The smallest absolute Gasteiger partial charge is 0.0559 e. The van der Waals surface area contributed by atoms with Gasteiger partial charge in [-0.2, -0.15) is 0 Å². The second-order valence-electron chi connectivity index (χ2n) is 0.466. The lowest BCUT2D eigenvalue weighted by atomic mass is 11.0. The molecule has 0 bridgehead atoms. The Morgan fingerprint density at radius 2 is 2.00 bits per heavy atom. The lowest BCUT2D eigenvalue weighted by Gasteiger charge is -1.93. The van der Waals surface area contributed by atoms with Crippen molar-refractivity contribution >= 4 is 0 Å². The van der Waals surface area contributed by atoms with E-state index < -0.39 is 5.88 Å². The Bertz CT molecular complexity index is 29.0. The van der Waals surface area contributed by atoms with Gasteiger partial charge in [-0.05, 0) is 0 Å². The Hall–Kier alpha value is -0.660. The maximum atomic E-state index is 9.11. The van der Waals surface area contributed by atoms with Crippen LogP contribution in [0.25, 0.3) is 0 Å². The van der Waals surface area contributed by atoms with E-state index in [1.165, 1.54) is 0 Å². The highest BCUT2D eigenvalue weighted by Crippen LogP contribution is 1.37. The average molecular weight is 58.1 g/mol. The minimum atomic E-state index is -0.583. The third-order valence-corrected chi connectivity index (χ3v) is 0. The predicted octanol–water partition coefficient (Wildman–Crippen LogP) is -1.22. The lowest BCUT2D eigenvalue weighted by molar-refractivity contribution is -0.303. The molecule has 2 heteroatoms. The molecule has 0 aromatic carbocycles. The molecule has 0 atom stereocenters. The van der Waals surface area contributed by atoms with Crippen molar-refractivity contribution < 1.29 is 5.11 Å². The van der Waals surface area contributed by atoms with Gasteiger partial charge in [-0.3, -0.25) is 0 Å². The summed E-state index contributed by atoms with van der Waals surface area (Å²) in [5.41, 5.74) is 4.36. The van der Waals surface area contributed by atoms with Gasteiger partial charge in [0.1, 0.15) is 0 Å². The van der Waals surface area contributed by atoms with Gasteiger partial charge in [0.25, 0.3) is 0 Å². The van der Waals surface area contributed by atoms with E-state index in [1.54, 1.807) is 0 Å². The highest BCUT2D eigenvalue weighted by atomic mass is 16.3. The first-order chi connectivity index (χ1) is 1.73. The maximum absolute atomic E-state index is 9.11. The second kappa shape index (κ2) is 0.767. The Morgan fingerprint density at radius 1 is 2.00 bits per heavy atom. The number of nitrogens with two attached hydrogens (primary N) is 1. The van der Waals surface area contributed by atoms with E-state index in [4.69, 9.17) is 5.11 Å². The second-order valence-corrected chi connectivity index (χ2v) is 0.466. The first kappa shape index (κ1) is 3.34. The van der Waals surface area contributed by atoms with Crippen LogP contribution >= 0.6 is 0 Å². The zero-order chi connectivity index (χ0) is 3.58. The Balaban J connectivity index is 2.80. The maximum Gasteiger partial charge on any atom is -0.0559 e. The summed E-state index contributed by atoms with van der Waals surface area (Å²) in [5, 5.41) is 9.11. The van der Waals surface area contributed by atoms with Gasteiger partial charge >= 0.3 is 0 Å². The molecule has 0 spiro atoms. The van der Waals surface area contributed by atoms with Crippen LogP contribution in [0.5, 0.6) is 0 Å². The Labute approximate surface area is 24.5 Å². The van der Waals surface area contributed by atoms with Gasteiger partial charge in [-0.15, -0.1) is 0 Å². The molecule has 0 unspecified atom stereocenters. The highest BCUT2D eigenvalue weighted by Gasteiger charge is 1.33. The average Bonchev–Trinajstić information content (AvgIpc) is 0.811. The van der Waals surface area contributed by atoms with Crippen molar-refractivity contribution in [2.45, 2.75) is 0 Å². The molecule has 24 valence electrons. The summed E-state index contributed by atoms with van der Waals surface area (Å²) < 4.78 is 0. The number of hydrogen-bond acceptors (Lipinski definition) is 2. The molecule has 0 amide bonds. The molecule has 0 heterocycles. The molecule has 0 aromatic rings. The molecule has 0 saturated carbocycles. The van der Waals surface area contributed by atoms with Crippen LogP contribution in [0, 0.1) is 0 Å². The van der Waals surface area contributed by atoms with Crippen LogP contribution in [0.15, 0.2) is 12.5 Å². The van der Waals surface area contributed by atoms with Crippen LogP contribution in [0.1, 0.15) is 0 Å². The molecule has 2 N–H and O–H groups in total. The third-order valence-electron chi connectivity index (χ3n) is 0. The molecule has 0 saturated heterocycles. The van der Waals surface area contributed by atoms with Crippen molar-refractivity contribution in [1.29, 1.82) is 0 Å².